The van der Waals surface area contributed by atoms with Gasteiger partial charge < -0.3 is 4.98 Å². The zero-order valence-electron chi connectivity index (χ0n) is 13.7. The maximum absolute atomic E-state index is 13.4. The van der Waals surface area contributed by atoms with Gasteiger partial charge in [-0.05, 0) is 55.6 Å². The van der Waals surface area contributed by atoms with Crippen molar-refractivity contribution >= 4 is 33.8 Å². The average Bonchev–Trinajstić information content (AvgIpc) is 2.76. The summed E-state index contributed by atoms with van der Waals surface area (Å²) in [5.41, 5.74) is -0.610. The van der Waals surface area contributed by atoms with Crippen molar-refractivity contribution in [1.82, 2.24) is 9.55 Å². The Morgan fingerprint density at radius 3 is 2.62 bits per heavy atom. The van der Waals surface area contributed by atoms with Crippen molar-refractivity contribution in [3.05, 3.63) is 55.4 Å². The number of aromatic amines is 1. The Labute approximate surface area is 156 Å². The normalized spacial score (nSPS) is 15.0. The number of alkyl halides is 3. The molecule has 4 rings (SSSR count). The van der Waals surface area contributed by atoms with Crippen LogP contribution in [0.1, 0.15) is 35.3 Å². The van der Waals surface area contributed by atoms with Gasteiger partial charge in [0.15, 0.2) is 4.77 Å². The second-order valence-electron chi connectivity index (χ2n) is 6.35. The van der Waals surface area contributed by atoms with Gasteiger partial charge in [-0.1, -0.05) is 18.6 Å². The number of hydrogen-bond donors (Lipinski definition) is 1. The van der Waals surface area contributed by atoms with Gasteiger partial charge in [-0.25, -0.2) is 0 Å². The molecule has 0 aliphatic heterocycles. The lowest BCUT2D eigenvalue weighted by Crippen LogP contribution is -2.23. The number of para-hydroxylation sites is 1. The number of aryl methyl sites for hydroxylation is 2. The molecule has 136 valence electrons. The minimum absolute atomic E-state index is 0.0180. The third-order valence-electron chi connectivity index (χ3n) is 4.71. The fourth-order valence-corrected chi connectivity index (χ4v) is 5.17. The summed E-state index contributed by atoms with van der Waals surface area (Å²) < 4.78 is 41.2. The predicted octanol–water partition coefficient (Wildman–Crippen LogP) is 5.40. The second kappa shape index (κ2) is 6.35. The summed E-state index contributed by atoms with van der Waals surface area (Å²) in [6, 6.07) is 5.03. The van der Waals surface area contributed by atoms with Gasteiger partial charge in [-0.2, -0.15) is 13.2 Å². The van der Waals surface area contributed by atoms with Crippen molar-refractivity contribution in [3.8, 4) is 5.69 Å². The highest BCUT2D eigenvalue weighted by molar-refractivity contribution is 7.71. The van der Waals surface area contributed by atoms with E-state index in [0.29, 0.717) is 10.2 Å². The van der Waals surface area contributed by atoms with E-state index in [1.54, 1.807) is 0 Å². The average molecular weight is 396 g/mol. The van der Waals surface area contributed by atoms with Gasteiger partial charge in [0.05, 0.1) is 16.6 Å². The summed E-state index contributed by atoms with van der Waals surface area (Å²) in [5.74, 6) is 0. The molecule has 0 unspecified atom stereocenters. The first-order chi connectivity index (χ1) is 12.4. The van der Waals surface area contributed by atoms with E-state index in [4.69, 9.17) is 12.2 Å². The minimum Gasteiger partial charge on any atom is -0.323 e. The van der Waals surface area contributed by atoms with E-state index in [-0.39, 0.29) is 10.5 Å². The molecule has 0 saturated heterocycles. The fourth-order valence-electron chi connectivity index (χ4n) is 3.54. The Balaban J connectivity index is 2.06. The number of nitrogens with zero attached hydrogens (tertiary/aromatic N) is 1. The Bertz CT molecular complexity index is 1110. The highest BCUT2D eigenvalue weighted by atomic mass is 32.1. The largest absolute Gasteiger partial charge is 0.418 e. The van der Waals surface area contributed by atoms with Crippen LogP contribution in [0.15, 0.2) is 29.1 Å². The summed E-state index contributed by atoms with van der Waals surface area (Å²) in [5, 5.41) is 0.484. The summed E-state index contributed by atoms with van der Waals surface area (Å²) in [4.78, 5) is 18.0. The molecule has 8 heteroatoms. The number of rotatable bonds is 1. The molecule has 1 aliphatic carbocycles. The molecule has 1 aromatic carbocycles. The molecule has 0 bridgehead atoms. The molecule has 3 aromatic rings. The summed E-state index contributed by atoms with van der Waals surface area (Å²) in [7, 11) is 0. The standard InChI is InChI=1S/C18H15F3N2OS2/c19-18(20,21)11-7-4-5-8-12(11)23-16(24)14-10-6-2-1-3-9-13(10)26-15(14)22-17(23)25/h4-5,7-8H,1-3,6,9H2,(H,22,25). The van der Waals surface area contributed by atoms with Crippen LogP contribution in [0.5, 0.6) is 0 Å². The molecule has 0 atom stereocenters. The molecule has 1 aliphatic rings. The first-order valence-electron chi connectivity index (χ1n) is 8.34. The molecular formula is C18H15F3N2OS2. The molecule has 0 fully saturated rings. The molecule has 1 N–H and O–H groups in total. The van der Waals surface area contributed by atoms with Crippen LogP contribution in [0.3, 0.4) is 0 Å². The molecule has 0 spiro atoms. The van der Waals surface area contributed by atoms with Gasteiger partial charge in [-0.15, -0.1) is 11.3 Å². The van der Waals surface area contributed by atoms with Crippen LogP contribution in [-0.4, -0.2) is 9.55 Å². The minimum atomic E-state index is -4.57. The summed E-state index contributed by atoms with van der Waals surface area (Å²) in [6.45, 7) is 0. The van der Waals surface area contributed by atoms with Crippen molar-refractivity contribution in [3.63, 3.8) is 0 Å². The van der Waals surface area contributed by atoms with Crippen LogP contribution in [0.4, 0.5) is 13.2 Å². The third-order valence-corrected chi connectivity index (χ3v) is 6.20. The second-order valence-corrected chi connectivity index (χ2v) is 7.85. The smallest absolute Gasteiger partial charge is 0.323 e. The van der Waals surface area contributed by atoms with Crippen LogP contribution in [-0.2, 0) is 19.0 Å². The van der Waals surface area contributed by atoms with Crippen molar-refractivity contribution in [1.29, 1.82) is 0 Å². The van der Waals surface area contributed by atoms with Crippen LogP contribution >= 0.6 is 23.6 Å². The van der Waals surface area contributed by atoms with E-state index >= 15 is 0 Å². The third kappa shape index (κ3) is 2.81. The van der Waals surface area contributed by atoms with E-state index in [0.717, 1.165) is 53.2 Å². The number of H-pyrrole nitrogens is 1. The number of aromatic nitrogens is 2. The highest BCUT2D eigenvalue weighted by Crippen LogP contribution is 2.35. The van der Waals surface area contributed by atoms with Crippen LogP contribution in [0.25, 0.3) is 15.9 Å². The number of halogens is 3. The Morgan fingerprint density at radius 2 is 1.85 bits per heavy atom. The van der Waals surface area contributed by atoms with Crippen molar-refractivity contribution in [2.45, 2.75) is 38.3 Å². The van der Waals surface area contributed by atoms with Gasteiger partial charge in [-0.3, -0.25) is 9.36 Å². The van der Waals surface area contributed by atoms with Gasteiger partial charge >= 0.3 is 6.18 Å². The number of hydrogen-bond acceptors (Lipinski definition) is 3. The van der Waals surface area contributed by atoms with Crippen molar-refractivity contribution in [2.75, 3.05) is 0 Å². The number of benzene rings is 1. The Kier molecular flexibility index (Phi) is 4.27. The zero-order valence-corrected chi connectivity index (χ0v) is 15.3. The maximum atomic E-state index is 13.4. The van der Waals surface area contributed by atoms with E-state index < -0.39 is 17.3 Å². The monoisotopic (exact) mass is 396 g/mol. The Morgan fingerprint density at radius 1 is 1.12 bits per heavy atom. The van der Waals surface area contributed by atoms with E-state index in [1.807, 2.05) is 0 Å². The molecule has 2 aromatic heterocycles. The first-order valence-corrected chi connectivity index (χ1v) is 9.56. The maximum Gasteiger partial charge on any atom is 0.418 e. The number of fused-ring (bicyclic) bond motifs is 3. The lowest BCUT2D eigenvalue weighted by molar-refractivity contribution is -0.137. The lowest BCUT2D eigenvalue weighted by atomic mass is 10.1. The molecular weight excluding hydrogens is 381 g/mol. The quantitative estimate of drug-likeness (QED) is 0.442. The molecule has 0 saturated carbocycles. The Hall–Kier alpha value is -1.93. The lowest BCUT2D eigenvalue weighted by Gasteiger charge is -2.14. The summed E-state index contributed by atoms with van der Waals surface area (Å²) in [6.07, 6.45) is 0.234. The topological polar surface area (TPSA) is 37.8 Å². The summed E-state index contributed by atoms with van der Waals surface area (Å²) >= 11 is 6.74. The van der Waals surface area contributed by atoms with Gasteiger partial charge in [0, 0.05) is 4.88 Å². The van der Waals surface area contributed by atoms with Crippen LogP contribution in [0.2, 0.25) is 0 Å². The van der Waals surface area contributed by atoms with E-state index in [9.17, 15) is 18.0 Å². The van der Waals surface area contributed by atoms with Crippen molar-refractivity contribution < 1.29 is 13.2 Å². The molecule has 26 heavy (non-hydrogen) atoms. The highest BCUT2D eigenvalue weighted by Gasteiger charge is 2.34. The van der Waals surface area contributed by atoms with Crippen molar-refractivity contribution in [2.24, 2.45) is 0 Å². The van der Waals surface area contributed by atoms with Crippen LogP contribution < -0.4 is 5.56 Å². The van der Waals surface area contributed by atoms with Gasteiger partial charge in [0.25, 0.3) is 5.56 Å². The first kappa shape index (κ1) is 17.5. The van der Waals surface area contributed by atoms with Gasteiger partial charge in [0.2, 0.25) is 0 Å². The number of thiophene rings is 1. The molecule has 0 radical (unpaired) electrons. The fraction of sp³-hybridized carbons (Fsp3) is 0.333. The predicted molar refractivity (Wildman–Crippen MR) is 98.9 cm³/mol. The van der Waals surface area contributed by atoms with Gasteiger partial charge in [0.1, 0.15) is 4.83 Å². The van der Waals surface area contributed by atoms with Crippen LogP contribution in [0, 0.1) is 4.77 Å². The SMILES string of the molecule is O=c1c2c3c(sc2[nH]c(=S)n1-c1ccccc1C(F)(F)F)CCCCC3. The van der Waals surface area contributed by atoms with E-state index in [1.165, 1.54) is 29.5 Å². The molecule has 0 amide bonds. The van der Waals surface area contributed by atoms with E-state index in [2.05, 4.69) is 4.98 Å². The molecule has 2 heterocycles. The number of nitrogens with one attached hydrogen (secondary N) is 1. The molecule has 3 nitrogen and oxygen atoms in total. The zero-order chi connectivity index (χ0) is 18.5.